The van der Waals surface area contributed by atoms with Crippen LogP contribution in [0.5, 0.6) is 0 Å². The first-order chi connectivity index (χ1) is 6.16. The Morgan fingerprint density at radius 1 is 1.31 bits per heavy atom. The number of aromatic nitrogens is 3. The first kappa shape index (κ1) is 9.07. The molecule has 2 aromatic heterocycles. The van der Waals surface area contributed by atoms with Crippen molar-refractivity contribution in [2.75, 3.05) is 0 Å². The molecular weight excluding hydrogens is 301 g/mol. The van der Waals surface area contributed by atoms with Crippen LogP contribution in [0.15, 0.2) is 4.42 Å². The number of halogens is 1. The second-order valence-corrected chi connectivity index (χ2v) is 4.63. The molecule has 0 saturated heterocycles. The standard InChI is InChI=1S/C7H6IN3OS/c1-3-5(13-4(2)9-3)6-10-11-7(8)12-6/h1-2H3. The average molecular weight is 307 g/mol. The second-order valence-electron chi connectivity index (χ2n) is 2.51. The zero-order valence-electron chi connectivity index (χ0n) is 7.04. The van der Waals surface area contributed by atoms with Crippen molar-refractivity contribution in [3.8, 4) is 10.8 Å². The summed E-state index contributed by atoms with van der Waals surface area (Å²) in [6, 6.07) is 0. The summed E-state index contributed by atoms with van der Waals surface area (Å²) in [5.41, 5.74) is 0.947. The van der Waals surface area contributed by atoms with E-state index in [0.717, 1.165) is 15.6 Å². The summed E-state index contributed by atoms with van der Waals surface area (Å²) >= 11 is 3.56. The zero-order chi connectivity index (χ0) is 9.42. The second kappa shape index (κ2) is 3.33. The molecular formula is C7H6IN3OS. The predicted molar refractivity (Wildman–Crippen MR) is 57.6 cm³/mol. The summed E-state index contributed by atoms with van der Waals surface area (Å²) in [6.07, 6.45) is 0. The van der Waals surface area contributed by atoms with Crippen LogP contribution in [0.2, 0.25) is 0 Å². The van der Waals surface area contributed by atoms with E-state index in [1.807, 2.05) is 36.4 Å². The SMILES string of the molecule is Cc1nc(C)c(-c2nnc(I)o2)s1. The predicted octanol–water partition coefficient (Wildman–Crippen LogP) is 2.41. The van der Waals surface area contributed by atoms with Gasteiger partial charge in [-0.05, 0) is 13.8 Å². The summed E-state index contributed by atoms with van der Waals surface area (Å²) in [6.45, 7) is 3.90. The Hall–Kier alpha value is -0.500. The number of rotatable bonds is 1. The van der Waals surface area contributed by atoms with Crippen LogP contribution in [0.1, 0.15) is 10.7 Å². The number of hydrogen-bond donors (Lipinski definition) is 0. The van der Waals surface area contributed by atoms with E-state index in [0.29, 0.717) is 9.79 Å². The van der Waals surface area contributed by atoms with E-state index >= 15 is 0 Å². The van der Waals surface area contributed by atoms with Crippen LogP contribution >= 0.6 is 33.9 Å². The van der Waals surface area contributed by atoms with Crippen LogP contribution in [-0.2, 0) is 0 Å². The maximum absolute atomic E-state index is 5.30. The van der Waals surface area contributed by atoms with Crippen molar-refractivity contribution in [3.05, 3.63) is 14.6 Å². The Morgan fingerprint density at radius 3 is 2.54 bits per heavy atom. The molecule has 0 radical (unpaired) electrons. The first-order valence-corrected chi connectivity index (χ1v) is 5.50. The minimum atomic E-state index is 0.554. The maximum Gasteiger partial charge on any atom is 0.278 e. The van der Waals surface area contributed by atoms with Crippen LogP contribution in [0.4, 0.5) is 0 Å². The Bertz CT molecular complexity index is 437. The molecule has 0 aliphatic heterocycles. The molecule has 4 nitrogen and oxygen atoms in total. The molecule has 0 aliphatic carbocycles. The van der Waals surface area contributed by atoms with E-state index in [1.165, 1.54) is 0 Å². The summed E-state index contributed by atoms with van der Waals surface area (Å²) < 4.78 is 5.85. The maximum atomic E-state index is 5.30. The number of aryl methyl sites for hydroxylation is 2. The van der Waals surface area contributed by atoms with Gasteiger partial charge in [-0.1, -0.05) is 0 Å². The normalized spacial score (nSPS) is 10.7. The van der Waals surface area contributed by atoms with Crippen LogP contribution in [0.25, 0.3) is 10.8 Å². The molecule has 2 heterocycles. The largest absolute Gasteiger partial charge is 0.411 e. The van der Waals surface area contributed by atoms with Crippen molar-refractivity contribution in [3.63, 3.8) is 0 Å². The fourth-order valence-electron chi connectivity index (χ4n) is 1.03. The van der Waals surface area contributed by atoms with Gasteiger partial charge in [-0.15, -0.1) is 21.5 Å². The summed E-state index contributed by atoms with van der Waals surface area (Å²) in [5, 5.41) is 8.71. The van der Waals surface area contributed by atoms with Crippen molar-refractivity contribution >= 4 is 33.9 Å². The molecule has 0 atom stereocenters. The highest BCUT2D eigenvalue weighted by Gasteiger charge is 2.13. The summed E-state index contributed by atoms with van der Waals surface area (Å²) in [7, 11) is 0. The quantitative estimate of drug-likeness (QED) is 0.759. The van der Waals surface area contributed by atoms with Crippen molar-refractivity contribution in [2.45, 2.75) is 13.8 Å². The van der Waals surface area contributed by atoms with Gasteiger partial charge in [-0.3, -0.25) is 0 Å². The van der Waals surface area contributed by atoms with Gasteiger partial charge in [0.25, 0.3) is 9.79 Å². The van der Waals surface area contributed by atoms with Gasteiger partial charge in [-0.2, -0.15) is 0 Å². The van der Waals surface area contributed by atoms with E-state index in [4.69, 9.17) is 4.42 Å². The van der Waals surface area contributed by atoms with Crippen LogP contribution in [0.3, 0.4) is 0 Å². The smallest absolute Gasteiger partial charge is 0.278 e. The highest BCUT2D eigenvalue weighted by Crippen LogP contribution is 2.28. The summed E-state index contributed by atoms with van der Waals surface area (Å²) in [5.74, 6) is 0.562. The third-order valence-electron chi connectivity index (χ3n) is 1.50. The fraction of sp³-hybridized carbons (Fsp3) is 0.286. The van der Waals surface area contributed by atoms with Crippen molar-refractivity contribution in [1.29, 1.82) is 0 Å². The number of hydrogen-bond acceptors (Lipinski definition) is 5. The highest BCUT2D eigenvalue weighted by atomic mass is 127. The lowest BCUT2D eigenvalue weighted by Crippen LogP contribution is -1.77. The van der Waals surface area contributed by atoms with Gasteiger partial charge in [-0.25, -0.2) is 4.98 Å². The lowest BCUT2D eigenvalue weighted by atomic mass is 10.4. The van der Waals surface area contributed by atoms with Gasteiger partial charge < -0.3 is 4.42 Å². The Kier molecular flexibility index (Phi) is 2.33. The average Bonchev–Trinajstić information content (AvgIpc) is 2.58. The molecule has 2 aromatic rings. The van der Waals surface area contributed by atoms with Gasteiger partial charge in [0, 0.05) is 22.6 Å². The Balaban J connectivity index is 2.51. The molecule has 0 bridgehead atoms. The van der Waals surface area contributed by atoms with E-state index in [1.54, 1.807) is 11.3 Å². The molecule has 0 spiro atoms. The van der Waals surface area contributed by atoms with E-state index in [9.17, 15) is 0 Å². The van der Waals surface area contributed by atoms with Gasteiger partial charge in [0.05, 0.1) is 10.7 Å². The number of thiazole rings is 1. The lowest BCUT2D eigenvalue weighted by molar-refractivity contribution is 0.537. The third-order valence-corrected chi connectivity index (χ3v) is 2.99. The lowest BCUT2D eigenvalue weighted by Gasteiger charge is -1.86. The fourth-order valence-corrected chi connectivity index (χ4v) is 2.18. The molecule has 68 valence electrons. The summed E-state index contributed by atoms with van der Waals surface area (Å²) in [4.78, 5) is 5.25. The van der Waals surface area contributed by atoms with Gasteiger partial charge in [0.1, 0.15) is 4.88 Å². The topological polar surface area (TPSA) is 51.8 Å². The highest BCUT2D eigenvalue weighted by molar-refractivity contribution is 14.1. The Labute approximate surface area is 92.5 Å². The first-order valence-electron chi connectivity index (χ1n) is 3.60. The molecule has 6 heteroatoms. The van der Waals surface area contributed by atoms with Crippen molar-refractivity contribution in [1.82, 2.24) is 15.2 Å². The van der Waals surface area contributed by atoms with Crippen LogP contribution < -0.4 is 0 Å². The van der Waals surface area contributed by atoms with Gasteiger partial charge in [0.15, 0.2) is 0 Å². The molecule has 0 saturated carbocycles. The Morgan fingerprint density at radius 2 is 2.08 bits per heavy atom. The number of nitrogens with zero attached hydrogens (tertiary/aromatic N) is 3. The molecule has 2 rings (SSSR count). The van der Waals surface area contributed by atoms with E-state index < -0.39 is 0 Å². The molecule has 0 N–H and O–H groups in total. The molecule has 13 heavy (non-hydrogen) atoms. The molecule has 0 fully saturated rings. The monoisotopic (exact) mass is 307 g/mol. The van der Waals surface area contributed by atoms with Crippen LogP contribution in [0, 0.1) is 17.7 Å². The van der Waals surface area contributed by atoms with Gasteiger partial charge in [0.2, 0.25) is 0 Å². The zero-order valence-corrected chi connectivity index (χ0v) is 10.0. The van der Waals surface area contributed by atoms with E-state index in [2.05, 4.69) is 15.2 Å². The molecule has 0 amide bonds. The molecule has 0 aromatic carbocycles. The minimum Gasteiger partial charge on any atom is -0.411 e. The van der Waals surface area contributed by atoms with Crippen molar-refractivity contribution in [2.24, 2.45) is 0 Å². The van der Waals surface area contributed by atoms with E-state index in [-0.39, 0.29) is 0 Å². The molecule has 0 aliphatic rings. The minimum absolute atomic E-state index is 0.554. The van der Waals surface area contributed by atoms with Gasteiger partial charge >= 0.3 is 0 Å². The third kappa shape index (κ3) is 1.73. The van der Waals surface area contributed by atoms with Crippen LogP contribution in [-0.4, -0.2) is 15.2 Å². The molecule has 0 unspecified atom stereocenters. The van der Waals surface area contributed by atoms with Crippen molar-refractivity contribution < 1.29 is 4.42 Å².